The maximum atomic E-state index is 10.9. The van der Waals surface area contributed by atoms with E-state index < -0.39 is 0 Å². The quantitative estimate of drug-likeness (QED) is 0.792. The number of hydrogen-bond acceptors (Lipinski definition) is 3. The van der Waals surface area contributed by atoms with E-state index in [-0.39, 0.29) is 5.56 Å². The van der Waals surface area contributed by atoms with Crippen LogP contribution in [0.3, 0.4) is 0 Å². The molecule has 0 saturated heterocycles. The molecule has 0 spiro atoms. The topological polar surface area (TPSA) is 37.8 Å². The van der Waals surface area contributed by atoms with Crippen molar-refractivity contribution in [3.05, 3.63) is 49.8 Å². The summed E-state index contributed by atoms with van der Waals surface area (Å²) >= 11 is 6.67. The summed E-state index contributed by atoms with van der Waals surface area (Å²) in [6, 6.07) is 3.51. The van der Waals surface area contributed by atoms with Crippen LogP contribution < -0.4 is 5.56 Å². The molecule has 0 saturated carbocycles. The summed E-state index contributed by atoms with van der Waals surface area (Å²) in [6.45, 7) is 0.707. The normalized spacial score (nSPS) is 10.3. The van der Waals surface area contributed by atoms with Gasteiger partial charge in [-0.2, -0.15) is 11.3 Å². The van der Waals surface area contributed by atoms with Gasteiger partial charge in [0.05, 0.1) is 6.54 Å². The molecule has 0 aromatic carbocycles. The van der Waals surface area contributed by atoms with Crippen molar-refractivity contribution in [3.8, 4) is 0 Å². The minimum atomic E-state index is -0.156. The highest BCUT2D eigenvalue weighted by Crippen LogP contribution is 2.07. The zero-order valence-corrected chi connectivity index (χ0v) is 8.90. The van der Waals surface area contributed by atoms with Crippen molar-refractivity contribution in [3.63, 3.8) is 0 Å². The highest BCUT2D eigenvalue weighted by Gasteiger charge is 1.95. The first-order valence-electron chi connectivity index (χ1n) is 4.06. The fourth-order valence-electron chi connectivity index (χ4n) is 1.15. The molecule has 2 aromatic heterocycles. The zero-order chi connectivity index (χ0) is 9.97. The van der Waals surface area contributed by atoms with Gasteiger partial charge in [-0.15, -0.1) is 0 Å². The van der Waals surface area contributed by atoms with E-state index in [2.05, 4.69) is 10.4 Å². The number of nitrogens with one attached hydrogen (secondary N) is 1. The number of nitrogens with zero attached hydrogens (tertiary/aromatic N) is 1. The Morgan fingerprint density at radius 3 is 3.00 bits per heavy atom. The smallest absolute Gasteiger partial charge is 0.251 e. The first kappa shape index (κ1) is 9.36. The molecule has 0 amide bonds. The van der Waals surface area contributed by atoms with Crippen LogP contribution in [-0.4, -0.2) is 9.55 Å². The van der Waals surface area contributed by atoms with Crippen LogP contribution >= 0.6 is 23.6 Å². The van der Waals surface area contributed by atoms with Crippen LogP contribution in [0.5, 0.6) is 0 Å². The van der Waals surface area contributed by atoms with Gasteiger partial charge in [0.25, 0.3) is 5.56 Å². The lowest BCUT2D eigenvalue weighted by atomic mass is 10.3. The molecule has 0 aliphatic heterocycles. The molecular formula is C9H8N2OS2. The molecular weight excluding hydrogens is 216 g/mol. The fraction of sp³-hybridized carbons (Fsp3) is 0.111. The lowest BCUT2D eigenvalue weighted by Gasteiger charge is -2.03. The van der Waals surface area contributed by atoms with E-state index in [0.29, 0.717) is 11.3 Å². The van der Waals surface area contributed by atoms with Gasteiger partial charge in [0.2, 0.25) is 0 Å². The molecule has 1 N–H and O–H groups in total. The summed E-state index contributed by atoms with van der Waals surface area (Å²) < 4.78 is 2.29. The summed E-state index contributed by atoms with van der Waals surface area (Å²) in [5.41, 5.74) is 1.04. The van der Waals surface area contributed by atoms with Crippen molar-refractivity contribution in [2.45, 2.75) is 6.54 Å². The molecule has 2 aromatic rings. The standard InChI is InChI=1S/C9H8N2OS2/c12-8-1-3-11(9(13)10-8)5-7-2-4-14-6-7/h1-4,6H,5H2,(H,10,12,13). The van der Waals surface area contributed by atoms with Gasteiger partial charge in [0.1, 0.15) is 0 Å². The Hall–Kier alpha value is -1.20. The second-order valence-corrected chi connectivity index (χ2v) is 4.04. The number of rotatable bonds is 2. The van der Waals surface area contributed by atoms with Crippen molar-refractivity contribution in [2.75, 3.05) is 0 Å². The van der Waals surface area contributed by atoms with Gasteiger partial charge in [-0.25, -0.2) is 0 Å². The molecule has 0 radical (unpaired) electrons. The maximum absolute atomic E-state index is 10.9. The van der Waals surface area contributed by atoms with E-state index in [4.69, 9.17) is 12.2 Å². The van der Waals surface area contributed by atoms with Gasteiger partial charge in [-0.05, 0) is 34.6 Å². The predicted octanol–water partition coefficient (Wildman–Crippen LogP) is 2.02. The monoisotopic (exact) mass is 224 g/mol. The van der Waals surface area contributed by atoms with Crippen LogP contribution in [0, 0.1) is 4.77 Å². The summed E-state index contributed by atoms with van der Waals surface area (Å²) in [6.07, 6.45) is 1.71. The van der Waals surface area contributed by atoms with Crippen LogP contribution in [-0.2, 0) is 6.54 Å². The third-order valence-corrected chi connectivity index (χ3v) is 2.90. The fourth-order valence-corrected chi connectivity index (χ4v) is 2.03. The van der Waals surface area contributed by atoms with E-state index in [1.165, 1.54) is 11.6 Å². The Labute approximate surface area is 89.7 Å². The molecule has 2 heterocycles. The minimum Gasteiger partial charge on any atom is -0.321 e. The van der Waals surface area contributed by atoms with E-state index in [1.807, 2.05) is 16.0 Å². The molecule has 0 aliphatic rings. The van der Waals surface area contributed by atoms with Gasteiger partial charge in [-0.1, -0.05) is 0 Å². The molecule has 5 heteroatoms. The lowest BCUT2D eigenvalue weighted by Crippen LogP contribution is -2.11. The van der Waals surface area contributed by atoms with Crippen LogP contribution in [0.2, 0.25) is 0 Å². The van der Waals surface area contributed by atoms with Crippen molar-refractivity contribution in [2.24, 2.45) is 0 Å². The summed E-state index contributed by atoms with van der Waals surface area (Å²) in [5.74, 6) is 0. The van der Waals surface area contributed by atoms with Crippen molar-refractivity contribution >= 4 is 23.6 Å². The minimum absolute atomic E-state index is 0.156. The molecule has 3 nitrogen and oxygen atoms in total. The SMILES string of the molecule is O=c1ccn(Cc2ccsc2)c(=S)[nH]1. The maximum Gasteiger partial charge on any atom is 0.251 e. The Kier molecular flexibility index (Phi) is 2.60. The van der Waals surface area contributed by atoms with Crippen molar-refractivity contribution in [1.82, 2.24) is 9.55 Å². The third kappa shape index (κ3) is 2.00. The first-order valence-corrected chi connectivity index (χ1v) is 5.41. The second-order valence-electron chi connectivity index (χ2n) is 2.87. The van der Waals surface area contributed by atoms with E-state index in [9.17, 15) is 4.79 Å². The summed E-state index contributed by atoms with van der Waals surface area (Å²) in [4.78, 5) is 13.5. The average molecular weight is 224 g/mol. The van der Waals surface area contributed by atoms with Crippen molar-refractivity contribution in [1.29, 1.82) is 0 Å². The Morgan fingerprint density at radius 2 is 2.36 bits per heavy atom. The van der Waals surface area contributed by atoms with E-state index >= 15 is 0 Å². The van der Waals surface area contributed by atoms with Gasteiger partial charge >= 0.3 is 0 Å². The van der Waals surface area contributed by atoms with Crippen LogP contribution in [0.4, 0.5) is 0 Å². The Morgan fingerprint density at radius 1 is 1.50 bits per heavy atom. The third-order valence-electron chi connectivity index (χ3n) is 1.83. The predicted molar refractivity (Wildman–Crippen MR) is 59.3 cm³/mol. The summed E-state index contributed by atoms with van der Waals surface area (Å²) in [5, 5.41) is 4.08. The number of hydrogen-bond donors (Lipinski definition) is 1. The van der Waals surface area contributed by atoms with Gasteiger partial charge < -0.3 is 4.57 Å². The van der Waals surface area contributed by atoms with E-state index in [1.54, 1.807) is 17.5 Å². The number of aromatic amines is 1. The molecule has 14 heavy (non-hydrogen) atoms. The molecule has 0 bridgehead atoms. The van der Waals surface area contributed by atoms with Crippen LogP contribution in [0.25, 0.3) is 0 Å². The second kappa shape index (κ2) is 3.89. The number of H-pyrrole nitrogens is 1. The van der Waals surface area contributed by atoms with Crippen LogP contribution in [0.1, 0.15) is 5.56 Å². The van der Waals surface area contributed by atoms with Crippen LogP contribution in [0.15, 0.2) is 33.9 Å². The number of aromatic nitrogens is 2. The molecule has 0 fully saturated rings. The molecule has 0 atom stereocenters. The van der Waals surface area contributed by atoms with E-state index in [0.717, 1.165) is 0 Å². The molecule has 72 valence electrons. The largest absolute Gasteiger partial charge is 0.321 e. The molecule has 0 aliphatic carbocycles. The molecule has 0 unspecified atom stereocenters. The highest BCUT2D eigenvalue weighted by molar-refractivity contribution is 7.71. The average Bonchev–Trinajstić information content (AvgIpc) is 2.62. The Bertz CT molecular complexity index is 524. The lowest BCUT2D eigenvalue weighted by molar-refractivity contribution is 0.747. The van der Waals surface area contributed by atoms with Gasteiger partial charge in [0.15, 0.2) is 4.77 Å². The highest BCUT2D eigenvalue weighted by atomic mass is 32.1. The number of thiophene rings is 1. The van der Waals surface area contributed by atoms with Gasteiger partial charge in [0, 0.05) is 12.3 Å². The van der Waals surface area contributed by atoms with Crippen molar-refractivity contribution < 1.29 is 0 Å². The van der Waals surface area contributed by atoms with Gasteiger partial charge in [-0.3, -0.25) is 9.78 Å². The zero-order valence-electron chi connectivity index (χ0n) is 7.27. The Balaban J connectivity index is 2.35. The summed E-state index contributed by atoms with van der Waals surface area (Å²) in [7, 11) is 0. The first-order chi connectivity index (χ1) is 6.75. The molecule has 2 rings (SSSR count).